The van der Waals surface area contributed by atoms with Gasteiger partial charge < -0.3 is 0 Å². The zero-order chi connectivity index (χ0) is 15.1. The van der Waals surface area contributed by atoms with Gasteiger partial charge in [0.2, 0.25) is 5.91 Å². The molecule has 0 bridgehead atoms. The number of nitrogens with zero attached hydrogens (tertiary/aromatic N) is 1. The molecule has 2 aromatic rings. The van der Waals surface area contributed by atoms with Crippen LogP contribution in [-0.2, 0) is 16.0 Å². The van der Waals surface area contributed by atoms with Crippen molar-refractivity contribution in [3.8, 4) is 0 Å². The van der Waals surface area contributed by atoms with Crippen molar-refractivity contribution in [1.82, 2.24) is 10.3 Å². The summed E-state index contributed by atoms with van der Waals surface area (Å²) in [5, 5.41) is 2.17. The number of hydrogen-bond acceptors (Lipinski definition) is 4. The van der Waals surface area contributed by atoms with Crippen molar-refractivity contribution in [3.05, 3.63) is 66.0 Å². The van der Waals surface area contributed by atoms with E-state index < -0.39 is 11.8 Å². The summed E-state index contributed by atoms with van der Waals surface area (Å²) >= 11 is 0. The van der Waals surface area contributed by atoms with Crippen molar-refractivity contribution < 1.29 is 14.4 Å². The van der Waals surface area contributed by atoms with Gasteiger partial charge in [0.05, 0.1) is 12.0 Å². The summed E-state index contributed by atoms with van der Waals surface area (Å²) < 4.78 is 0. The van der Waals surface area contributed by atoms with Crippen LogP contribution in [0.4, 0.5) is 0 Å². The Hall–Kier alpha value is -2.82. The zero-order valence-electron chi connectivity index (χ0n) is 11.3. The summed E-state index contributed by atoms with van der Waals surface area (Å²) in [4.78, 5) is 38.9. The Labute approximate surface area is 122 Å². The number of carbonyl (C=O) groups excluding carboxylic acids is 3. The van der Waals surface area contributed by atoms with Crippen molar-refractivity contribution in [2.75, 3.05) is 0 Å². The van der Waals surface area contributed by atoms with E-state index in [0.717, 1.165) is 5.56 Å². The average molecular weight is 282 g/mol. The number of nitrogens with one attached hydrogen (secondary N) is 1. The lowest BCUT2D eigenvalue weighted by Gasteiger charge is -2.04. The number of aromatic nitrogens is 1. The van der Waals surface area contributed by atoms with Crippen LogP contribution in [0.5, 0.6) is 0 Å². The molecule has 0 aliphatic rings. The Morgan fingerprint density at radius 1 is 1.00 bits per heavy atom. The van der Waals surface area contributed by atoms with Gasteiger partial charge in [-0.1, -0.05) is 30.3 Å². The van der Waals surface area contributed by atoms with E-state index in [1.807, 2.05) is 30.3 Å². The summed E-state index contributed by atoms with van der Waals surface area (Å²) in [5.41, 5.74) is 1.12. The van der Waals surface area contributed by atoms with Gasteiger partial charge in [0.25, 0.3) is 5.91 Å². The van der Waals surface area contributed by atoms with Gasteiger partial charge in [0, 0.05) is 18.8 Å². The quantitative estimate of drug-likeness (QED) is 0.844. The molecule has 5 nitrogen and oxygen atoms in total. The molecule has 0 saturated carbocycles. The summed E-state index contributed by atoms with van der Waals surface area (Å²) in [6.07, 6.45) is 2.74. The molecule has 2 rings (SSSR count). The molecule has 1 aromatic heterocycles. The van der Waals surface area contributed by atoms with E-state index in [2.05, 4.69) is 10.3 Å². The van der Waals surface area contributed by atoms with Crippen LogP contribution in [0.25, 0.3) is 0 Å². The largest absolute Gasteiger partial charge is 0.299 e. The number of amides is 2. The highest BCUT2D eigenvalue weighted by molar-refractivity contribution is 6.09. The summed E-state index contributed by atoms with van der Waals surface area (Å²) in [6.45, 7) is 0. The molecule has 0 aliphatic heterocycles. The third-order valence-electron chi connectivity index (χ3n) is 2.78. The molecule has 0 unspecified atom stereocenters. The molecule has 1 aromatic carbocycles. The Kier molecular flexibility index (Phi) is 4.93. The van der Waals surface area contributed by atoms with E-state index in [0.29, 0.717) is 0 Å². The second kappa shape index (κ2) is 7.09. The summed E-state index contributed by atoms with van der Waals surface area (Å²) in [6, 6.07) is 12.3. The first-order valence-electron chi connectivity index (χ1n) is 6.45. The van der Waals surface area contributed by atoms with E-state index in [1.54, 1.807) is 12.1 Å². The number of pyridine rings is 1. The second-order valence-electron chi connectivity index (χ2n) is 4.50. The van der Waals surface area contributed by atoms with Crippen molar-refractivity contribution in [3.63, 3.8) is 0 Å². The molecule has 0 aliphatic carbocycles. The molecule has 2 amide bonds. The van der Waals surface area contributed by atoms with E-state index >= 15 is 0 Å². The predicted molar refractivity (Wildman–Crippen MR) is 76.5 cm³/mol. The Morgan fingerprint density at radius 2 is 1.76 bits per heavy atom. The van der Waals surface area contributed by atoms with E-state index in [-0.39, 0.29) is 24.2 Å². The van der Waals surface area contributed by atoms with Crippen LogP contribution >= 0.6 is 0 Å². The molecular formula is C16H14N2O3. The maximum absolute atomic E-state index is 11.8. The molecule has 0 radical (unpaired) electrons. The van der Waals surface area contributed by atoms with E-state index in [9.17, 15) is 14.4 Å². The molecule has 21 heavy (non-hydrogen) atoms. The van der Waals surface area contributed by atoms with Gasteiger partial charge in [-0.05, 0) is 17.7 Å². The van der Waals surface area contributed by atoms with Crippen molar-refractivity contribution in [2.45, 2.75) is 12.8 Å². The van der Waals surface area contributed by atoms with Crippen LogP contribution in [-0.4, -0.2) is 22.6 Å². The van der Waals surface area contributed by atoms with E-state index in [1.165, 1.54) is 12.4 Å². The number of ketones is 1. The smallest absolute Gasteiger partial charge is 0.259 e. The Bertz CT molecular complexity index is 639. The van der Waals surface area contributed by atoms with Crippen molar-refractivity contribution in [2.24, 2.45) is 0 Å². The van der Waals surface area contributed by atoms with E-state index in [4.69, 9.17) is 0 Å². The molecule has 1 heterocycles. The van der Waals surface area contributed by atoms with Crippen LogP contribution in [0.2, 0.25) is 0 Å². The van der Waals surface area contributed by atoms with Gasteiger partial charge in [-0.25, -0.2) is 0 Å². The third-order valence-corrected chi connectivity index (χ3v) is 2.78. The molecule has 0 spiro atoms. The van der Waals surface area contributed by atoms with Crippen molar-refractivity contribution >= 4 is 17.6 Å². The fourth-order valence-corrected chi connectivity index (χ4v) is 1.81. The molecule has 0 fully saturated rings. The van der Waals surface area contributed by atoms with Crippen molar-refractivity contribution in [1.29, 1.82) is 0 Å². The molecule has 0 saturated heterocycles. The average Bonchev–Trinajstić information content (AvgIpc) is 2.48. The standard InChI is InChI=1S/C16H14N2O3/c19-14(9-12-5-2-1-3-6-12)10-15(20)18-16(21)13-7-4-8-17-11-13/h1-8,11H,9-10H2,(H,18,20,21). The van der Waals surface area contributed by atoms with Crippen LogP contribution in [0.3, 0.4) is 0 Å². The fraction of sp³-hybridized carbons (Fsp3) is 0.125. The lowest BCUT2D eigenvalue weighted by atomic mass is 10.1. The van der Waals surface area contributed by atoms with Gasteiger partial charge in [-0.15, -0.1) is 0 Å². The lowest BCUT2D eigenvalue weighted by molar-refractivity contribution is -0.127. The van der Waals surface area contributed by atoms with Crippen LogP contribution in [0.15, 0.2) is 54.9 Å². The van der Waals surface area contributed by atoms with Crippen LogP contribution in [0.1, 0.15) is 22.3 Å². The van der Waals surface area contributed by atoms with Gasteiger partial charge >= 0.3 is 0 Å². The highest BCUT2D eigenvalue weighted by atomic mass is 16.2. The minimum Gasteiger partial charge on any atom is -0.299 e. The lowest BCUT2D eigenvalue weighted by Crippen LogP contribution is -2.32. The topological polar surface area (TPSA) is 76.1 Å². The summed E-state index contributed by atoms with van der Waals surface area (Å²) in [7, 11) is 0. The highest BCUT2D eigenvalue weighted by Gasteiger charge is 2.14. The number of imide groups is 1. The number of benzene rings is 1. The minimum atomic E-state index is -0.607. The normalized spacial score (nSPS) is 9.90. The van der Waals surface area contributed by atoms with Gasteiger partial charge in [-0.2, -0.15) is 0 Å². The Balaban J connectivity index is 1.84. The van der Waals surface area contributed by atoms with Gasteiger partial charge in [0.15, 0.2) is 0 Å². The van der Waals surface area contributed by atoms with Crippen LogP contribution in [0, 0.1) is 0 Å². The fourth-order valence-electron chi connectivity index (χ4n) is 1.81. The molecule has 0 atom stereocenters. The minimum absolute atomic E-state index is 0.176. The number of Topliss-reactive ketones (excluding diaryl/α,β-unsaturated/α-hetero) is 1. The maximum Gasteiger partial charge on any atom is 0.259 e. The zero-order valence-corrected chi connectivity index (χ0v) is 11.3. The molecule has 1 N–H and O–H groups in total. The first-order valence-corrected chi connectivity index (χ1v) is 6.45. The first kappa shape index (κ1) is 14.6. The third kappa shape index (κ3) is 4.65. The predicted octanol–water partition coefficient (Wildman–Crippen LogP) is 1.54. The highest BCUT2D eigenvalue weighted by Crippen LogP contribution is 2.02. The SMILES string of the molecule is O=C(CC(=O)NC(=O)c1cccnc1)Cc1ccccc1. The number of hydrogen-bond donors (Lipinski definition) is 1. The van der Waals surface area contributed by atoms with Gasteiger partial charge in [-0.3, -0.25) is 24.7 Å². The van der Waals surface area contributed by atoms with Crippen LogP contribution < -0.4 is 5.32 Å². The molecule has 106 valence electrons. The molecule has 5 heteroatoms. The Morgan fingerprint density at radius 3 is 2.43 bits per heavy atom. The second-order valence-corrected chi connectivity index (χ2v) is 4.50. The maximum atomic E-state index is 11.8. The first-order chi connectivity index (χ1) is 10.1. The number of carbonyl (C=O) groups is 3. The molecular weight excluding hydrogens is 268 g/mol. The van der Waals surface area contributed by atoms with Gasteiger partial charge in [0.1, 0.15) is 5.78 Å². The number of rotatable bonds is 5. The monoisotopic (exact) mass is 282 g/mol. The summed E-state index contributed by atoms with van der Waals surface area (Å²) in [5.74, 6) is -1.40.